The number of imidazole rings is 1. The van der Waals surface area contributed by atoms with Gasteiger partial charge in [-0.1, -0.05) is 36.7 Å². The first-order valence-electron chi connectivity index (χ1n) is 8.47. The molecule has 0 aromatic carbocycles. The highest BCUT2D eigenvalue weighted by molar-refractivity contribution is 7.16. The van der Waals surface area contributed by atoms with E-state index in [1.807, 2.05) is 35.8 Å². The van der Waals surface area contributed by atoms with E-state index in [1.54, 1.807) is 11.3 Å². The van der Waals surface area contributed by atoms with E-state index >= 15 is 0 Å². The lowest BCUT2D eigenvalue weighted by Crippen LogP contribution is -2.05. The van der Waals surface area contributed by atoms with Crippen LogP contribution >= 0.6 is 11.3 Å². The number of hydrogen-bond acceptors (Lipinski definition) is 5. The standard InChI is InChI=1S/C17H18N6S/c1-11-14(22-10-6-5-9-13(22)18-11)15-19-20-17-23(15)21-16(24-17)12-7-3-2-4-8-12/h5-6,9-10,12H,2-4,7-8H2,1H3. The molecule has 6 nitrogen and oxygen atoms in total. The van der Waals surface area contributed by atoms with Crippen LogP contribution in [-0.2, 0) is 0 Å². The maximum Gasteiger partial charge on any atom is 0.235 e. The van der Waals surface area contributed by atoms with Crippen molar-refractivity contribution in [2.75, 3.05) is 0 Å². The van der Waals surface area contributed by atoms with E-state index in [1.165, 1.54) is 37.1 Å². The van der Waals surface area contributed by atoms with Crippen molar-refractivity contribution in [2.45, 2.75) is 44.9 Å². The van der Waals surface area contributed by atoms with Gasteiger partial charge in [0, 0.05) is 12.1 Å². The molecule has 1 fully saturated rings. The molecule has 4 heterocycles. The molecule has 0 aliphatic heterocycles. The van der Waals surface area contributed by atoms with Crippen LogP contribution in [-0.4, -0.2) is 29.2 Å². The Morgan fingerprint density at radius 1 is 1.12 bits per heavy atom. The molecular formula is C17H18N6S. The van der Waals surface area contributed by atoms with Gasteiger partial charge in [-0.15, -0.1) is 10.2 Å². The molecule has 1 aliphatic rings. The molecule has 0 radical (unpaired) electrons. The molecule has 1 saturated carbocycles. The fourth-order valence-electron chi connectivity index (χ4n) is 3.68. The highest BCUT2D eigenvalue weighted by Crippen LogP contribution is 2.35. The highest BCUT2D eigenvalue weighted by atomic mass is 32.1. The summed E-state index contributed by atoms with van der Waals surface area (Å²) < 4.78 is 3.96. The Labute approximate surface area is 143 Å². The topological polar surface area (TPSA) is 60.4 Å². The van der Waals surface area contributed by atoms with Crippen molar-refractivity contribution in [1.29, 1.82) is 0 Å². The number of rotatable bonds is 2. The van der Waals surface area contributed by atoms with Crippen LogP contribution in [0.3, 0.4) is 0 Å². The number of hydrogen-bond donors (Lipinski definition) is 0. The first-order chi connectivity index (χ1) is 11.8. The summed E-state index contributed by atoms with van der Waals surface area (Å²) in [4.78, 5) is 5.50. The van der Waals surface area contributed by atoms with E-state index < -0.39 is 0 Å². The maximum atomic E-state index is 4.87. The van der Waals surface area contributed by atoms with Crippen LogP contribution < -0.4 is 0 Å². The third-order valence-corrected chi connectivity index (χ3v) is 5.94. The Morgan fingerprint density at radius 2 is 2.00 bits per heavy atom. The molecule has 24 heavy (non-hydrogen) atoms. The summed E-state index contributed by atoms with van der Waals surface area (Å²) in [5, 5.41) is 14.8. The van der Waals surface area contributed by atoms with Crippen molar-refractivity contribution in [3.8, 4) is 11.5 Å². The van der Waals surface area contributed by atoms with Crippen molar-refractivity contribution < 1.29 is 0 Å². The van der Waals surface area contributed by atoms with Gasteiger partial charge in [0.15, 0.2) is 0 Å². The third-order valence-electron chi connectivity index (χ3n) is 4.88. The van der Waals surface area contributed by atoms with Crippen molar-refractivity contribution in [2.24, 2.45) is 0 Å². The monoisotopic (exact) mass is 338 g/mol. The van der Waals surface area contributed by atoms with E-state index in [2.05, 4.69) is 19.6 Å². The zero-order chi connectivity index (χ0) is 16.1. The Balaban J connectivity index is 1.66. The lowest BCUT2D eigenvalue weighted by Gasteiger charge is -2.18. The Hall–Kier alpha value is -2.28. The lowest BCUT2D eigenvalue weighted by molar-refractivity contribution is 0.440. The number of nitrogens with zero attached hydrogens (tertiary/aromatic N) is 6. The molecule has 4 aromatic rings. The van der Waals surface area contributed by atoms with E-state index in [-0.39, 0.29) is 0 Å². The summed E-state index contributed by atoms with van der Waals surface area (Å²) in [6.07, 6.45) is 8.48. The predicted octanol–water partition coefficient (Wildman–Crippen LogP) is 3.86. The quantitative estimate of drug-likeness (QED) is 0.557. The SMILES string of the molecule is Cc1nc2ccccn2c1-c1nnc2sc(C3CCCCC3)nn12. The second-order valence-electron chi connectivity index (χ2n) is 6.47. The summed E-state index contributed by atoms with van der Waals surface area (Å²) in [7, 11) is 0. The van der Waals surface area contributed by atoms with Gasteiger partial charge in [-0.3, -0.25) is 4.40 Å². The van der Waals surface area contributed by atoms with Crippen LogP contribution in [0, 0.1) is 6.92 Å². The summed E-state index contributed by atoms with van der Waals surface area (Å²) >= 11 is 1.68. The van der Waals surface area contributed by atoms with Gasteiger partial charge < -0.3 is 0 Å². The Bertz CT molecular complexity index is 1020. The normalized spacial score (nSPS) is 16.4. The molecule has 0 saturated heterocycles. The molecule has 7 heteroatoms. The molecular weight excluding hydrogens is 320 g/mol. The van der Waals surface area contributed by atoms with Gasteiger partial charge >= 0.3 is 0 Å². The Morgan fingerprint density at radius 3 is 2.88 bits per heavy atom. The van der Waals surface area contributed by atoms with Gasteiger partial charge in [-0.25, -0.2) is 4.98 Å². The third kappa shape index (κ3) is 2.07. The summed E-state index contributed by atoms with van der Waals surface area (Å²) in [5.74, 6) is 1.36. The molecule has 5 rings (SSSR count). The summed E-state index contributed by atoms with van der Waals surface area (Å²) in [6, 6.07) is 6.00. The fraction of sp³-hybridized carbons (Fsp3) is 0.412. The fourth-order valence-corrected chi connectivity index (χ4v) is 4.68. The van der Waals surface area contributed by atoms with Crippen LogP contribution in [0.25, 0.3) is 22.1 Å². The lowest BCUT2D eigenvalue weighted by atomic mass is 9.90. The molecule has 0 N–H and O–H groups in total. The molecule has 0 spiro atoms. The van der Waals surface area contributed by atoms with Gasteiger partial charge in [-0.2, -0.15) is 9.61 Å². The van der Waals surface area contributed by atoms with Gasteiger partial charge in [0.1, 0.15) is 16.3 Å². The molecule has 0 amide bonds. The Kier molecular flexibility index (Phi) is 3.16. The van der Waals surface area contributed by atoms with Crippen molar-refractivity contribution in [3.05, 3.63) is 35.1 Å². The van der Waals surface area contributed by atoms with Crippen molar-refractivity contribution in [1.82, 2.24) is 29.2 Å². The van der Waals surface area contributed by atoms with Gasteiger partial charge in [-0.05, 0) is 31.9 Å². The molecule has 0 bridgehead atoms. The number of aromatic nitrogens is 6. The van der Waals surface area contributed by atoms with Crippen LogP contribution in [0.1, 0.15) is 48.7 Å². The summed E-state index contributed by atoms with van der Waals surface area (Å²) in [6.45, 7) is 2.01. The van der Waals surface area contributed by atoms with Gasteiger partial charge in [0.2, 0.25) is 10.8 Å². The smallest absolute Gasteiger partial charge is 0.235 e. The molecule has 122 valence electrons. The second-order valence-corrected chi connectivity index (χ2v) is 7.46. The van der Waals surface area contributed by atoms with E-state index in [0.717, 1.165) is 27.8 Å². The highest BCUT2D eigenvalue weighted by Gasteiger charge is 2.23. The van der Waals surface area contributed by atoms with Crippen LogP contribution in [0.5, 0.6) is 0 Å². The average Bonchev–Trinajstić information content (AvgIpc) is 3.27. The molecule has 0 atom stereocenters. The minimum Gasteiger partial charge on any atom is -0.297 e. The maximum absolute atomic E-state index is 4.87. The van der Waals surface area contributed by atoms with E-state index in [0.29, 0.717) is 5.92 Å². The van der Waals surface area contributed by atoms with Gasteiger partial charge in [0.25, 0.3) is 0 Å². The minimum atomic E-state index is 0.585. The van der Waals surface area contributed by atoms with Crippen molar-refractivity contribution in [3.63, 3.8) is 0 Å². The van der Waals surface area contributed by atoms with E-state index in [4.69, 9.17) is 5.10 Å². The van der Waals surface area contributed by atoms with E-state index in [9.17, 15) is 0 Å². The summed E-state index contributed by atoms with van der Waals surface area (Å²) in [5.41, 5.74) is 2.84. The van der Waals surface area contributed by atoms with Crippen LogP contribution in [0.2, 0.25) is 0 Å². The first kappa shape index (κ1) is 14.1. The zero-order valence-electron chi connectivity index (χ0n) is 13.5. The predicted molar refractivity (Wildman–Crippen MR) is 93.4 cm³/mol. The molecule has 4 aromatic heterocycles. The number of aryl methyl sites for hydroxylation is 1. The number of pyridine rings is 1. The molecule has 1 aliphatic carbocycles. The van der Waals surface area contributed by atoms with Crippen LogP contribution in [0.4, 0.5) is 0 Å². The largest absolute Gasteiger partial charge is 0.297 e. The minimum absolute atomic E-state index is 0.585. The first-order valence-corrected chi connectivity index (χ1v) is 9.29. The van der Waals surface area contributed by atoms with Crippen molar-refractivity contribution >= 4 is 21.9 Å². The number of fused-ring (bicyclic) bond motifs is 2. The second kappa shape index (κ2) is 5.37. The average molecular weight is 338 g/mol. The van der Waals surface area contributed by atoms with Crippen LogP contribution in [0.15, 0.2) is 24.4 Å². The van der Waals surface area contributed by atoms with Gasteiger partial charge in [0.05, 0.1) is 5.69 Å². The zero-order valence-corrected chi connectivity index (χ0v) is 14.3. The molecule has 0 unspecified atom stereocenters.